The van der Waals surface area contributed by atoms with Gasteiger partial charge in [0.15, 0.2) is 0 Å². The van der Waals surface area contributed by atoms with E-state index in [1.165, 1.54) is 16.4 Å². The molecule has 2 heterocycles. The summed E-state index contributed by atoms with van der Waals surface area (Å²) in [7, 11) is -7.49. The van der Waals surface area contributed by atoms with Gasteiger partial charge in [-0.2, -0.15) is 4.31 Å². The molecule has 0 radical (unpaired) electrons. The van der Waals surface area contributed by atoms with Crippen LogP contribution >= 0.6 is 0 Å². The van der Waals surface area contributed by atoms with Crippen LogP contribution in [0, 0.1) is 6.92 Å². The van der Waals surface area contributed by atoms with E-state index in [2.05, 4.69) is 0 Å². The van der Waals surface area contributed by atoms with Gasteiger partial charge in [0.2, 0.25) is 26.0 Å². The minimum atomic E-state index is -3.76. The van der Waals surface area contributed by atoms with Crippen molar-refractivity contribution in [3.05, 3.63) is 23.8 Å². The molecule has 1 atom stereocenters. The molecule has 2 aliphatic rings. The van der Waals surface area contributed by atoms with Gasteiger partial charge in [0.25, 0.3) is 0 Å². The normalized spacial score (nSPS) is 24.2. The molecule has 1 aromatic carbocycles. The Labute approximate surface area is 155 Å². The van der Waals surface area contributed by atoms with Crippen molar-refractivity contribution in [1.82, 2.24) is 4.31 Å². The summed E-state index contributed by atoms with van der Waals surface area (Å²) in [5.74, 6) is -0.771. The number of carbonyl (C=O) groups excluding carboxylic acids is 1. The van der Waals surface area contributed by atoms with Gasteiger partial charge in [-0.25, -0.2) is 21.1 Å². The first kappa shape index (κ1) is 19.3. The van der Waals surface area contributed by atoms with Crippen molar-refractivity contribution in [1.29, 1.82) is 0 Å². The lowest BCUT2D eigenvalue weighted by Crippen LogP contribution is -2.43. The average molecular weight is 401 g/mol. The predicted octanol–water partition coefficient (Wildman–Crippen LogP) is 2.01. The van der Waals surface area contributed by atoms with Crippen LogP contribution in [0.5, 0.6) is 0 Å². The topological polar surface area (TPSA) is 91.8 Å². The highest BCUT2D eigenvalue weighted by Crippen LogP contribution is 2.33. The number of rotatable bonds is 4. The molecule has 9 heteroatoms. The number of hydrogen-bond acceptors (Lipinski definition) is 5. The van der Waals surface area contributed by atoms with Crippen LogP contribution in [-0.2, 0) is 24.8 Å². The summed E-state index contributed by atoms with van der Waals surface area (Å²) in [6, 6.07) is 4.33. The molecule has 3 rings (SSSR count). The Morgan fingerprint density at radius 2 is 1.96 bits per heavy atom. The molecule has 0 unspecified atom stereocenters. The number of carbonyl (C=O) groups is 1. The number of sulfonamides is 2. The van der Waals surface area contributed by atoms with Crippen molar-refractivity contribution >= 4 is 31.6 Å². The zero-order valence-electron chi connectivity index (χ0n) is 15.0. The summed E-state index contributed by atoms with van der Waals surface area (Å²) in [6.45, 7) is 4.12. The molecule has 2 aliphatic heterocycles. The Balaban J connectivity index is 2.06. The van der Waals surface area contributed by atoms with Gasteiger partial charge in [-0.1, -0.05) is 19.4 Å². The van der Waals surface area contributed by atoms with E-state index in [-0.39, 0.29) is 28.8 Å². The lowest BCUT2D eigenvalue weighted by atomic mass is 10.0. The molecule has 7 nitrogen and oxygen atoms in total. The number of piperidine rings is 1. The van der Waals surface area contributed by atoms with Crippen molar-refractivity contribution in [2.75, 3.05) is 16.6 Å². The lowest BCUT2D eigenvalue weighted by Gasteiger charge is -2.34. The standard InChI is InChI=1S/C17H24N2O5S2/c1-3-14-6-4-5-10-18(14)26(23,24)16-12-15(8-7-13(16)2)19-17(20)9-11-25(19,21)22/h7-8,12,14H,3-6,9-11H2,1-2H3/t14-/m0/s1. The summed E-state index contributed by atoms with van der Waals surface area (Å²) in [5.41, 5.74) is 0.639. The van der Waals surface area contributed by atoms with Gasteiger partial charge in [-0.05, 0) is 43.9 Å². The van der Waals surface area contributed by atoms with E-state index in [1.54, 1.807) is 13.0 Å². The SMILES string of the molecule is CC[C@H]1CCCCN1S(=O)(=O)c1cc(N2C(=O)CCS2(=O)=O)ccc1C. The van der Waals surface area contributed by atoms with Crippen molar-refractivity contribution in [2.24, 2.45) is 0 Å². The van der Waals surface area contributed by atoms with Crippen molar-refractivity contribution in [3.8, 4) is 0 Å². The maximum atomic E-state index is 13.3. The van der Waals surface area contributed by atoms with E-state index in [0.29, 0.717) is 12.1 Å². The smallest absolute Gasteiger partial charge is 0.243 e. The Hall–Kier alpha value is -1.45. The first-order chi connectivity index (χ1) is 12.2. The third kappa shape index (κ3) is 3.27. The Kier molecular flexibility index (Phi) is 5.15. The van der Waals surface area contributed by atoms with Gasteiger partial charge >= 0.3 is 0 Å². The molecule has 0 aliphatic carbocycles. The maximum Gasteiger partial charge on any atom is 0.243 e. The monoisotopic (exact) mass is 400 g/mol. The molecule has 26 heavy (non-hydrogen) atoms. The Morgan fingerprint density at radius 3 is 2.58 bits per heavy atom. The quantitative estimate of drug-likeness (QED) is 0.771. The summed E-state index contributed by atoms with van der Waals surface area (Å²) >= 11 is 0. The second kappa shape index (κ2) is 6.94. The molecular weight excluding hydrogens is 376 g/mol. The molecule has 0 bridgehead atoms. The highest BCUT2D eigenvalue weighted by atomic mass is 32.2. The van der Waals surface area contributed by atoms with Crippen LogP contribution in [0.15, 0.2) is 23.1 Å². The molecule has 2 saturated heterocycles. The number of amides is 1. The Bertz CT molecular complexity index is 924. The highest BCUT2D eigenvalue weighted by Gasteiger charge is 2.38. The molecule has 0 spiro atoms. The molecule has 1 amide bonds. The van der Waals surface area contributed by atoms with E-state index >= 15 is 0 Å². The second-order valence-electron chi connectivity index (χ2n) is 6.85. The molecular formula is C17H24N2O5S2. The van der Waals surface area contributed by atoms with Crippen molar-refractivity contribution in [3.63, 3.8) is 0 Å². The molecule has 0 aromatic heterocycles. The number of nitrogens with zero attached hydrogens (tertiary/aromatic N) is 2. The van der Waals surface area contributed by atoms with Gasteiger partial charge in [0.1, 0.15) is 0 Å². The zero-order chi connectivity index (χ0) is 19.1. The number of benzene rings is 1. The summed E-state index contributed by atoms with van der Waals surface area (Å²) in [5, 5.41) is 0. The zero-order valence-corrected chi connectivity index (χ0v) is 16.6. The molecule has 0 saturated carbocycles. The molecule has 1 aromatic rings. The largest absolute Gasteiger partial charge is 0.273 e. The maximum absolute atomic E-state index is 13.3. The summed E-state index contributed by atoms with van der Waals surface area (Å²) in [4.78, 5) is 12.1. The van der Waals surface area contributed by atoms with E-state index < -0.39 is 26.0 Å². The highest BCUT2D eigenvalue weighted by molar-refractivity contribution is 7.94. The van der Waals surface area contributed by atoms with E-state index in [0.717, 1.165) is 30.0 Å². The third-order valence-electron chi connectivity index (χ3n) is 5.12. The first-order valence-electron chi connectivity index (χ1n) is 8.87. The molecule has 144 valence electrons. The van der Waals surface area contributed by atoms with Gasteiger partial charge in [0.05, 0.1) is 16.3 Å². The van der Waals surface area contributed by atoms with Gasteiger partial charge in [0, 0.05) is 19.0 Å². The van der Waals surface area contributed by atoms with Crippen LogP contribution in [0.1, 0.15) is 44.6 Å². The second-order valence-corrected chi connectivity index (χ2v) is 10.6. The molecule has 0 N–H and O–H groups in total. The Morgan fingerprint density at radius 1 is 1.23 bits per heavy atom. The fourth-order valence-electron chi connectivity index (χ4n) is 3.69. The van der Waals surface area contributed by atoms with Gasteiger partial charge in [-0.3, -0.25) is 4.79 Å². The number of aryl methyl sites for hydroxylation is 1. The fourth-order valence-corrected chi connectivity index (χ4v) is 7.15. The van der Waals surface area contributed by atoms with Crippen molar-refractivity contribution < 1.29 is 21.6 Å². The average Bonchev–Trinajstić information content (AvgIpc) is 2.88. The van der Waals surface area contributed by atoms with Crippen LogP contribution < -0.4 is 4.31 Å². The van der Waals surface area contributed by atoms with E-state index in [4.69, 9.17) is 0 Å². The molecule has 2 fully saturated rings. The number of anilines is 1. The number of hydrogen-bond donors (Lipinski definition) is 0. The van der Waals surface area contributed by atoms with E-state index in [9.17, 15) is 21.6 Å². The third-order valence-corrected chi connectivity index (χ3v) is 8.90. The minimum Gasteiger partial charge on any atom is -0.273 e. The minimum absolute atomic E-state index is 0.0473. The predicted molar refractivity (Wildman–Crippen MR) is 98.9 cm³/mol. The summed E-state index contributed by atoms with van der Waals surface area (Å²) in [6.07, 6.45) is 3.30. The van der Waals surface area contributed by atoms with Gasteiger partial charge < -0.3 is 0 Å². The fraction of sp³-hybridized carbons (Fsp3) is 0.588. The van der Waals surface area contributed by atoms with Crippen LogP contribution in [0.2, 0.25) is 0 Å². The van der Waals surface area contributed by atoms with Crippen molar-refractivity contribution in [2.45, 2.75) is 56.9 Å². The first-order valence-corrected chi connectivity index (χ1v) is 11.9. The van der Waals surface area contributed by atoms with Crippen LogP contribution in [0.3, 0.4) is 0 Å². The summed E-state index contributed by atoms with van der Waals surface area (Å²) < 4.78 is 53.1. The van der Waals surface area contributed by atoms with Crippen LogP contribution in [-0.4, -0.2) is 45.4 Å². The van der Waals surface area contributed by atoms with E-state index in [1.807, 2.05) is 6.92 Å². The van der Waals surface area contributed by atoms with Crippen LogP contribution in [0.25, 0.3) is 0 Å². The lowest BCUT2D eigenvalue weighted by molar-refractivity contribution is -0.116. The van der Waals surface area contributed by atoms with Crippen LogP contribution in [0.4, 0.5) is 5.69 Å². The van der Waals surface area contributed by atoms with Gasteiger partial charge in [-0.15, -0.1) is 0 Å².